The Balaban J connectivity index is 2.48. The molecule has 2 aromatic rings. The van der Waals surface area contributed by atoms with Crippen LogP contribution in [0.1, 0.15) is 10.5 Å². The zero-order valence-corrected chi connectivity index (χ0v) is 9.20. The van der Waals surface area contributed by atoms with Crippen LogP contribution in [0.4, 0.5) is 0 Å². The third-order valence-electron chi connectivity index (χ3n) is 2.23. The summed E-state index contributed by atoms with van der Waals surface area (Å²) in [5.74, 6) is 0. The van der Waals surface area contributed by atoms with E-state index in [2.05, 4.69) is 12.1 Å². The Morgan fingerprint density at radius 1 is 1.27 bits per heavy atom. The van der Waals surface area contributed by atoms with Gasteiger partial charge in [-0.05, 0) is 36.6 Å². The monoisotopic (exact) mass is 217 g/mol. The maximum Gasteiger partial charge on any atom is 0.166 e. The average Bonchev–Trinajstić information content (AvgIpc) is 2.77. The fraction of sp³-hybridized carbons (Fsp3) is 0.0833. The van der Waals surface area contributed by atoms with Gasteiger partial charge < -0.3 is 4.57 Å². The summed E-state index contributed by atoms with van der Waals surface area (Å²) in [6.07, 6.45) is 4.80. The molecule has 0 aliphatic carbocycles. The quantitative estimate of drug-likeness (QED) is 0.582. The summed E-state index contributed by atoms with van der Waals surface area (Å²) in [6, 6.07) is 11.8. The Hall–Kier alpha value is -1.48. The molecule has 0 bridgehead atoms. The van der Waals surface area contributed by atoms with E-state index in [-0.39, 0.29) is 0 Å². The van der Waals surface area contributed by atoms with Crippen molar-refractivity contribution in [1.82, 2.24) is 4.57 Å². The van der Waals surface area contributed by atoms with Crippen molar-refractivity contribution in [2.24, 2.45) is 0 Å². The van der Waals surface area contributed by atoms with Gasteiger partial charge in [-0.2, -0.15) is 0 Å². The first-order valence-electron chi connectivity index (χ1n) is 4.62. The molecular weight excluding hydrogens is 206 g/mol. The Labute approximate surface area is 92.9 Å². The standard InChI is InChI=1S/C12H11NOS/c1-15-12-6-2-4-10(8-12)13-7-3-5-11(13)9-14/h2-9H,1H3. The molecule has 1 aromatic heterocycles. The Morgan fingerprint density at radius 3 is 2.87 bits per heavy atom. The van der Waals surface area contributed by atoms with Gasteiger partial charge >= 0.3 is 0 Å². The maximum absolute atomic E-state index is 10.8. The number of hydrogen-bond acceptors (Lipinski definition) is 2. The van der Waals surface area contributed by atoms with Crippen molar-refractivity contribution < 1.29 is 4.79 Å². The van der Waals surface area contributed by atoms with Crippen LogP contribution in [0.3, 0.4) is 0 Å². The van der Waals surface area contributed by atoms with Gasteiger partial charge in [0.1, 0.15) is 0 Å². The molecule has 0 unspecified atom stereocenters. The van der Waals surface area contributed by atoms with Crippen LogP contribution in [0.5, 0.6) is 0 Å². The van der Waals surface area contributed by atoms with E-state index in [9.17, 15) is 4.79 Å². The van der Waals surface area contributed by atoms with Crippen LogP contribution in [0.15, 0.2) is 47.5 Å². The Kier molecular flexibility index (Phi) is 2.92. The second-order valence-corrected chi connectivity index (χ2v) is 4.00. The van der Waals surface area contributed by atoms with Gasteiger partial charge in [-0.15, -0.1) is 11.8 Å². The molecule has 0 fully saturated rings. The normalized spacial score (nSPS) is 10.2. The minimum Gasteiger partial charge on any atom is -0.314 e. The Bertz CT molecular complexity index is 476. The largest absolute Gasteiger partial charge is 0.314 e. The third-order valence-corrected chi connectivity index (χ3v) is 2.96. The molecular formula is C12H11NOS. The molecule has 1 heterocycles. The minimum atomic E-state index is 0.674. The van der Waals surface area contributed by atoms with E-state index in [1.807, 2.05) is 35.2 Å². The van der Waals surface area contributed by atoms with E-state index in [4.69, 9.17) is 0 Å². The van der Waals surface area contributed by atoms with Crippen molar-refractivity contribution in [3.05, 3.63) is 48.3 Å². The third kappa shape index (κ3) is 1.97. The first kappa shape index (κ1) is 10.1. The summed E-state index contributed by atoms with van der Waals surface area (Å²) in [5, 5.41) is 0. The van der Waals surface area contributed by atoms with Gasteiger partial charge in [0.15, 0.2) is 6.29 Å². The summed E-state index contributed by atoms with van der Waals surface area (Å²) in [4.78, 5) is 12.0. The molecule has 0 aliphatic heterocycles. The molecule has 0 atom stereocenters. The summed E-state index contributed by atoms with van der Waals surface area (Å²) in [7, 11) is 0. The van der Waals surface area contributed by atoms with Crippen molar-refractivity contribution in [2.75, 3.05) is 6.26 Å². The number of aromatic nitrogens is 1. The number of carbonyl (C=O) groups excluding carboxylic acids is 1. The number of rotatable bonds is 3. The maximum atomic E-state index is 10.8. The van der Waals surface area contributed by atoms with Crippen LogP contribution in [0.25, 0.3) is 5.69 Å². The van der Waals surface area contributed by atoms with E-state index < -0.39 is 0 Å². The molecule has 0 spiro atoms. The molecule has 0 amide bonds. The molecule has 0 saturated heterocycles. The van der Waals surface area contributed by atoms with Crippen LogP contribution < -0.4 is 0 Å². The highest BCUT2D eigenvalue weighted by atomic mass is 32.2. The number of aldehydes is 1. The lowest BCUT2D eigenvalue weighted by atomic mass is 10.3. The fourth-order valence-electron chi connectivity index (χ4n) is 1.49. The summed E-state index contributed by atoms with van der Waals surface area (Å²) < 4.78 is 1.88. The molecule has 2 rings (SSSR count). The van der Waals surface area contributed by atoms with Crippen molar-refractivity contribution in [3.63, 3.8) is 0 Å². The van der Waals surface area contributed by atoms with Crippen molar-refractivity contribution in [1.29, 1.82) is 0 Å². The van der Waals surface area contributed by atoms with E-state index in [1.165, 1.54) is 4.90 Å². The average molecular weight is 217 g/mol. The summed E-state index contributed by atoms with van der Waals surface area (Å²) in [5.41, 5.74) is 1.70. The fourth-order valence-corrected chi connectivity index (χ4v) is 1.94. The van der Waals surface area contributed by atoms with Crippen LogP contribution in [0, 0.1) is 0 Å². The number of carbonyl (C=O) groups is 1. The van der Waals surface area contributed by atoms with Crippen LogP contribution in [-0.4, -0.2) is 17.1 Å². The molecule has 0 N–H and O–H groups in total. The second-order valence-electron chi connectivity index (χ2n) is 3.12. The molecule has 2 nitrogen and oxygen atoms in total. The van der Waals surface area contributed by atoms with Gasteiger partial charge in [0.2, 0.25) is 0 Å². The minimum absolute atomic E-state index is 0.674. The predicted octanol–water partition coefficient (Wildman–Crippen LogP) is 3.01. The smallest absolute Gasteiger partial charge is 0.166 e. The van der Waals surface area contributed by atoms with Crippen LogP contribution in [0.2, 0.25) is 0 Å². The van der Waals surface area contributed by atoms with E-state index >= 15 is 0 Å². The van der Waals surface area contributed by atoms with Gasteiger partial charge in [0, 0.05) is 16.8 Å². The molecule has 76 valence electrons. The van der Waals surface area contributed by atoms with Crippen molar-refractivity contribution in [2.45, 2.75) is 4.90 Å². The lowest BCUT2D eigenvalue weighted by molar-refractivity contribution is 0.111. The lowest BCUT2D eigenvalue weighted by Gasteiger charge is -2.06. The first-order chi connectivity index (χ1) is 7.35. The molecule has 3 heteroatoms. The lowest BCUT2D eigenvalue weighted by Crippen LogP contribution is -1.96. The SMILES string of the molecule is CSc1cccc(-n2cccc2C=O)c1. The van der Waals surface area contributed by atoms with E-state index in [0.29, 0.717) is 5.69 Å². The first-order valence-corrected chi connectivity index (χ1v) is 5.84. The van der Waals surface area contributed by atoms with Crippen LogP contribution >= 0.6 is 11.8 Å². The van der Waals surface area contributed by atoms with Gasteiger partial charge in [-0.1, -0.05) is 6.07 Å². The number of nitrogens with zero attached hydrogens (tertiary/aromatic N) is 1. The zero-order chi connectivity index (χ0) is 10.7. The second kappa shape index (κ2) is 4.36. The Morgan fingerprint density at radius 2 is 2.13 bits per heavy atom. The van der Waals surface area contributed by atoms with E-state index in [0.717, 1.165) is 12.0 Å². The van der Waals surface area contributed by atoms with E-state index in [1.54, 1.807) is 17.8 Å². The molecule has 15 heavy (non-hydrogen) atoms. The highest BCUT2D eigenvalue weighted by Gasteiger charge is 2.02. The predicted molar refractivity (Wildman–Crippen MR) is 62.9 cm³/mol. The highest BCUT2D eigenvalue weighted by molar-refractivity contribution is 7.98. The topological polar surface area (TPSA) is 22.0 Å². The zero-order valence-electron chi connectivity index (χ0n) is 8.38. The highest BCUT2D eigenvalue weighted by Crippen LogP contribution is 2.19. The molecule has 0 radical (unpaired) electrons. The molecule has 1 aromatic carbocycles. The number of thioether (sulfide) groups is 1. The van der Waals surface area contributed by atoms with Gasteiger partial charge in [0.25, 0.3) is 0 Å². The summed E-state index contributed by atoms with van der Waals surface area (Å²) >= 11 is 1.69. The number of benzene rings is 1. The number of hydrogen-bond donors (Lipinski definition) is 0. The van der Waals surface area contributed by atoms with Crippen LogP contribution in [-0.2, 0) is 0 Å². The van der Waals surface area contributed by atoms with Crippen molar-refractivity contribution >= 4 is 18.0 Å². The van der Waals surface area contributed by atoms with Gasteiger partial charge in [-0.3, -0.25) is 4.79 Å². The molecule has 0 saturated carbocycles. The van der Waals surface area contributed by atoms with Crippen molar-refractivity contribution in [3.8, 4) is 5.69 Å². The van der Waals surface area contributed by atoms with Gasteiger partial charge in [0.05, 0.1) is 5.69 Å². The molecule has 0 aliphatic rings. The summed E-state index contributed by atoms with van der Waals surface area (Å²) in [6.45, 7) is 0. The van der Waals surface area contributed by atoms with Gasteiger partial charge in [-0.25, -0.2) is 0 Å².